The Morgan fingerprint density at radius 1 is 1.04 bits per heavy atom. The van der Waals surface area contributed by atoms with Gasteiger partial charge in [-0.15, -0.1) is 0 Å². The number of carbonyl (C=O) groups excluding carboxylic acids is 1. The fourth-order valence-corrected chi connectivity index (χ4v) is 2.42. The van der Waals surface area contributed by atoms with Crippen molar-refractivity contribution in [2.24, 2.45) is 11.8 Å². The van der Waals surface area contributed by atoms with Crippen molar-refractivity contribution in [3.8, 4) is 5.75 Å². The highest BCUT2D eigenvalue weighted by Crippen LogP contribution is 2.16. The van der Waals surface area contributed by atoms with Gasteiger partial charge in [-0.2, -0.15) is 0 Å². The topological polar surface area (TPSA) is 38.3 Å². The molecule has 23 heavy (non-hydrogen) atoms. The van der Waals surface area contributed by atoms with Gasteiger partial charge in [0.2, 0.25) is 0 Å². The summed E-state index contributed by atoms with van der Waals surface area (Å²) in [7, 11) is 0. The van der Waals surface area contributed by atoms with Crippen molar-refractivity contribution in [1.29, 1.82) is 0 Å². The van der Waals surface area contributed by atoms with Crippen LogP contribution in [0.1, 0.15) is 53.5 Å². The molecule has 0 spiro atoms. The molecular weight excluding hydrogens is 286 g/mol. The van der Waals surface area contributed by atoms with Crippen LogP contribution in [-0.4, -0.2) is 24.5 Å². The minimum atomic E-state index is -0.122. The largest absolute Gasteiger partial charge is 0.494 e. The summed E-state index contributed by atoms with van der Waals surface area (Å²) in [6.07, 6.45) is 1.78. The van der Waals surface area contributed by atoms with E-state index >= 15 is 0 Å². The molecule has 1 atom stereocenters. The lowest BCUT2D eigenvalue weighted by molar-refractivity contribution is -0.124. The van der Waals surface area contributed by atoms with Crippen molar-refractivity contribution < 1.29 is 9.53 Å². The van der Waals surface area contributed by atoms with Crippen LogP contribution < -0.4 is 10.1 Å². The van der Waals surface area contributed by atoms with E-state index in [1.165, 1.54) is 0 Å². The zero-order chi connectivity index (χ0) is 17.4. The Balaban J connectivity index is 2.64. The lowest BCUT2D eigenvalue weighted by Crippen LogP contribution is -2.44. The average molecular weight is 319 g/mol. The Morgan fingerprint density at radius 2 is 1.65 bits per heavy atom. The summed E-state index contributed by atoms with van der Waals surface area (Å²) in [5.41, 5.74) is 1.16. The average Bonchev–Trinajstić information content (AvgIpc) is 2.46. The Bertz CT molecular complexity index is 463. The van der Waals surface area contributed by atoms with Crippen molar-refractivity contribution >= 4 is 5.78 Å². The predicted octanol–water partition coefficient (Wildman–Crippen LogP) is 4.25. The van der Waals surface area contributed by atoms with E-state index in [-0.39, 0.29) is 17.7 Å². The van der Waals surface area contributed by atoms with Crippen LogP contribution in [0.5, 0.6) is 5.75 Å². The molecule has 1 rings (SSSR count). The smallest absolute Gasteiger partial charge is 0.152 e. The molecule has 130 valence electrons. The Morgan fingerprint density at radius 3 is 2.13 bits per heavy atom. The highest BCUT2D eigenvalue weighted by atomic mass is 16.5. The second-order valence-electron chi connectivity index (χ2n) is 7.31. The molecule has 0 fully saturated rings. The Hall–Kier alpha value is -1.35. The summed E-state index contributed by atoms with van der Waals surface area (Å²) in [6, 6.07) is 8.30. The first kappa shape index (κ1) is 19.7. The van der Waals surface area contributed by atoms with Gasteiger partial charge in [0.25, 0.3) is 0 Å². The summed E-state index contributed by atoms with van der Waals surface area (Å²) in [5, 5.41) is 3.39. The first-order chi connectivity index (χ1) is 10.8. The molecule has 0 unspecified atom stereocenters. The molecule has 0 aliphatic carbocycles. The highest BCUT2D eigenvalue weighted by molar-refractivity contribution is 5.86. The maximum atomic E-state index is 12.4. The van der Waals surface area contributed by atoms with Crippen LogP contribution in [0.4, 0.5) is 0 Å². The van der Waals surface area contributed by atoms with Gasteiger partial charge < -0.3 is 10.1 Å². The van der Waals surface area contributed by atoms with Crippen molar-refractivity contribution in [2.45, 2.75) is 66.5 Å². The van der Waals surface area contributed by atoms with Gasteiger partial charge >= 0.3 is 0 Å². The lowest BCUT2D eigenvalue weighted by atomic mass is 9.95. The van der Waals surface area contributed by atoms with Crippen LogP contribution in [0, 0.1) is 11.8 Å². The summed E-state index contributed by atoms with van der Waals surface area (Å²) in [4.78, 5) is 12.4. The molecule has 0 saturated heterocycles. The molecule has 1 aromatic rings. The number of Topliss-reactive ketones (excluding diaryl/α,β-unsaturated/α-hetero) is 1. The zero-order valence-corrected chi connectivity index (χ0v) is 15.6. The molecule has 0 aliphatic rings. The summed E-state index contributed by atoms with van der Waals surface area (Å²) in [6.45, 7) is 13.2. The monoisotopic (exact) mass is 319 g/mol. The standard InChI is InChI=1S/C20H33NO2/c1-14(2)11-12-23-18-9-7-17(8-10-18)13-19(21-16(5)6)20(22)15(3)4/h7-10,14-16,19,21H,11-13H2,1-6H3/t19-/m0/s1. The molecule has 0 radical (unpaired) electrons. The SMILES string of the molecule is CC(C)CCOc1ccc(C[C@H](NC(C)C)C(=O)C(C)C)cc1. The summed E-state index contributed by atoms with van der Waals surface area (Å²) < 4.78 is 5.74. The number of nitrogens with one attached hydrogen (secondary N) is 1. The van der Waals surface area contributed by atoms with Gasteiger partial charge in [-0.1, -0.05) is 53.7 Å². The molecule has 0 heterocycles. The fraction of sp³-hybridized carbons (Fsp3) is 0.650. The van der Waals surface area contributed by atoms with Gasteiger partial charge in [0.15, 0.2) is 5.78 Å². The van der Waals surface area contributed by atoms with Crippen LogP contribution >= 0.6 is 0 Å². The molecule has 3 heteroatoms. The second kappa shape index (κ2) is 9.71. The van der Waals surface area contributed by atoms with E-state index in [2.05, 4.69) is 45.1 Å². The van der Waals surface area contributed by atoms with Crippen LogP contribution in [0.15, 0.2) is 24.3 Å². The minimum absolute atomic E-state index is 0.0462. The van der Waals surface area contributed by atoms with Gasteiger partial charge in [0, 0.05) is 12.0 Å². The number of ether oxygens (including phenoxy) is 1. The normalized spacial score (nSPS) is 12.9. The Kier molecular flexibility index (Phi) is 8.32. The van der Waals surface area contributed by atoms with Crippen molar-refractivity contribution in [2.75, 3.05) is 6.61 Å². The van der Waals surface area contributed by atoms with E-state index in [0.717, 1.165) is 30.8 Å². The molecule has 0 aromatic heterocycles. The van der Waals surface area contributed by atoms with E-state index in [0.29, 0.717) is 12.0 Å². The molecule has 0 aliphatic heterocycles. The quantitative estimate of drug-likeness (QED) is 0.701. The van der Waals surface area contributed by atoms with E-state index in [1.54, 1.807) is 0 Å². The molecular formula is C20H33NO2. The molecule has 3 nitrogen and oxygen atoms in total. The fourth-order valence-electron chi connectivity index (χ4n) is 2.42. The van der Waals surface area contributed by atoms with Crippen molar-refractivity contribution in [3.63, 3.8) is 0 Å². The third-order valence-corrected chi connectivity index (χ3v) is 3.77. The third kappa shape index (κ3) is 7.65. The summed E-state index contributed by atoms with van der Waals surface area (Å²) in [5.74, 6) is 1.87. The molecule has 0 bridgehead atoms. The van der Waals surface area contributed by atoms with Crippen LogP contribution in [-0.2, 0) is 11.2 Å². The van der Waals surface area contributed by atoms with E-state index in [4.69, 9.17) is 4.74 Å². The van der Waals surface area contributed by atoms with Gasteiger partial charge in [0.1, 0.15) is 5.75 Å². The number of carbonyl (C=O) groups is 1. The molecule has 0 saturated carbocycles. The summed E-state index contributed by atoms with van der Waals surface area (Å²) >= 11 is 0. The van der Waals surface area contributed by atoms with E-state index in [1.807, 2.05) is 26.0 Å². The third-order valence-electron chi connectivity index (χ3n) is 3.77. The first-order valence-electron chi connectivity index (χ1n) is 8.81. The van der Waals surface area contributed by atoms with Gasteiger partial charge in [-0.05, 0) is 36.5 Å². The van der Waals surface area contributed by atoms with Crippen LogP contribution in [0.2, 0.25) is 0 Å². The van der Waals surface area contributed by atoms with Gasteiger partial charge in [-0.25, -0.2) is 0 Å². The minimum Gasteiger partial charge on any atom is -0.494 e. The van der Waals surface area contributed by atoms with Crippen molar-refractivity contribution in [3.05, 3.63) is 29.8 Å². The van der Waals surface area contributed by atoms with Crippen LogP contribution in [0.3, 0.4) is 0 Å². The van der Waals surface area contributed by atoms with E-state index < -0.39 is 0 Å². The number of hydrogen-bond acceptors (Lipinski definition) is 3. The number of ketones is 1. The van der Waals surface area contributed by atoms with E-state index in [9.17, 15) is 4.79 Å². The predicted molar refractivity (Wildman–Crippen MR) is 97.0 cm³/mol. The zero-order valence-electron chi connectivity index (χ0n) is 15.6. The second-order valence-corrected chi connectivity index (χ2v) is 7.31. The first-order valence-corrected chi connectivity index (χ1v) is 8.81. The molecule has 1 N–H and O–H groups in total. The van der Waals surface area contributed by atoms with Crippen LogP contribution in [0.25, 0.3) is 0 Å². The van der Waals surface area contributed by atoms with Gasteiger partial charge in [-0.3, -0.25) is 4.79 Å². The Labute approximate surface area is 141 Å². The van der Waals surface area contributed by atoms with Gasteiger partial charge in [0.05, 0.1) is 12.6 Å². The number of benzene rings is 1. The lowest BCUT2D eigenvalue weighted by Gasteiger charge is -2.22. The van der Waals surface area contributed by atoms with Crippen molar-refractivity contribution in [1.82, 2.24) is 5.32 Å². The number of rotatable bonds is 10. The number of hydrogen-bond donors (Lipinski definition) is 1. The highest BCUT2D eigenvalue weighted by Gasteiger charge is 2.22. The maximum absolute atomic E-state index is 12.4. The maximum Gasteiger partial charge on any atom is 0.152 e. The molecule has 0 amide bonds. The molecule has 1 aromatic carbocycles.